The Hall–Kier alpha value is -2.07. The Morgan fingerprint density at radius 1 is 1.42 bits per heavy atom. The molecule has 0 saturated carbocycles. The minimum atomic E-state index is -4.63. The second-order valence-corrected chi connectivity index (χ2v) is 4.31. The zero-order chi connectivity index (χ0) is 14.2. The van der Waals surface area contributed by atoms with Crippen LogP contribution in [0.3, 0.4) is 0 Å². The third-order valence-corrected chi connectivity index (χ3v) is 2.88. The third kappa shape index (κ3) is 2.53. The molecule has 7 heteroatoms. The van der Waals surface area contributed by atoms with Crippen LogP contribution in [0.4, 0.5) is 18.9 Å². The Morgan fingerprint density at radius 2 is 2.11 bits per heavy atom. The van der Waals surface area contributed by atoms with Crippen molar-refractivity contribution < 1.29 is 18.0 Å². The molecule has 1 aliphatic rings. The number of rotatable bonds is 1. The number of hydrogen-bond donors (Lipinski definition) is 1. The van der Waals surface area contributed by atoms with Crippen molar-refractivity contribution in [3.8, 4) is 6.07 Å². The van der Waals surface area contributed by atoms with E-state index in [1.807, 2.05) is 0 Å². The lowest BCUT2D eigenvalue weighted by molar-refractivity contribution is -0.137. The van der Waals surface area contributed by atoms with E-state index in [0.717, 1.165) is 17.0 Å². The third-order valence-electron chi connectivity index (χ3n) is 2.88. The summed E-state index contributed by atoms with van der Waals surface area (Å²) in [5, 5.41) is 8.66. The summed E-state index contributed by atoms with van der Waals surface area (Å²) in [6.07, 6.45) is -4.60. The Kier molecular flexibility index (Phi) is 3.20. The van der Waals surface area contributed by atoms with Gasteiger partial charge in [0.1, 0.15) is 0 Å². The van der Waals surface area contributed by atoms with Crippen LogP contribution in [0, 0.1) is 11.3 Å². The van der Waals surface area contributed by atoms with Gasteiger partial charge >= 0.3 is 6.18 Å². The minimum absolute atomic E-state index is 0.0251. The lowest BCUT2D eigenvalue weighted by Crippen LogP contribution is -2.30. The normalized spacial score (nSPS) is 19.6. The molecule has 0 aliphatic carbocycles. The standard InChI is InChI=1S/C12H10F3N3O/c13-12(14,15)9-3-7(5-16)1-2-10(9)18-6-8(17)4-11(18)19/h1-3,8H,4,6,17H2. The molecular formula is C12H10F3N3O. The summed E-state index contributed by atoms with van der Waals surface area (Å²) in [6, 6.07) is 4.31. The second kappa shape index (κ2) is 4.55. The molecule has 1 aliphatic heterocycles. The van der Waals surface area contributed by atoms with Gasteiger partial charge in [-0.15, -0.1) is 0 Å². The molecule has 4 nitrogen and oxygen atoms in total. The van der Waals surface area contributed by atoms with Gasteiger partial charge < -0.3 is 10.6 Å². The average molecular weight is 269 g/mol. The molecular weight excluding hydrogens is 259 g/mol. The summed E-state index contributed by atoms with van der Waals surface area (Å²) >= 11 is 0. The highest BCUT2D eigenvalue weighted by atomic mass is 19.4. The molecule has 2 N–H and O–H groups in total. The molecule has 0 bridgehead atoms. The van der Waals surface area contributed by atoms with E-state index in [0.29, 0.717) is 0 Å². The van der Waals surface area contributed by atoms with E-state index < -0.39 is 23.7 Å². The summed E-state index contributed by atoms with van der Waals surface area (Å²) in [7, 11) is 0. The van der Waals surface area contributed by atoms with Crippen molar-refractivity contribution in [1.82, 2.24) is 0 Å². The van der Waals surface area contributed by atoms with Crippen molar-refractivity contribution in [3.63, 3.8) is 0 Å². The average Bonchev–Trinajstić information content (AvgIpc) is 2.66. The van der Waals surface area contributed by atoms with Gasteiger partial charge in [0.25, 0.3) is 0 Å². The maximum Gasteiger partial charge on any atom is 0.418 e. The van der Waals surface area contributed by atoms with Crippen LogP contribution < -0.4 is 10.6 Å². The number of nitriles is 1. The van der Waals surface area contributed by atoms with Crippen LogP contribution in [0.15, 0.2) is 18.2 Å². The first-order valence-corrected chi connectivity index (χ1v) is 5.50. The molecule has 19 heavy (non-hydrogen) atoms. The maximum atomic E-state index is 13.0. The van der Waals surface area contributed by atoms with E-state index >= 15 is 0 Å². The van der Waals surface area contributed by atoms with Gasteiger partial charge in [-0.25, -0.2) is 0 Å². The topological polar surface area (TPSA) is 70.1 Å². The molecule has 0 spiro atoms. The number of amides is 1. The van der Waals surface area contributed by atoms with E-state index in [-0.39, 0.29) is 24.2 Å². The summed E-state index contributed by atoms with van der Waals surface area (Å²) in [5.74, 6) is -0.442. The van der Waals surface area contributed by atoms with Crippen LogP contribution in [-0.2, 0) is 11.0 Å². The number of carbonyl (C=O) groups is 1. The fourth-order valence-electron chi connectivity index (χ4n) is 2.04. The molecule has 100 valence electrons. The lowest BCUT2D eigenvalue weighted by atomic mass is 10.1. The summed E-state index contributed by atoms with van der Waals surface area (Å²) in [4.78, 5) is 12.7. The van der Waals surface area contributed by atoms with E-state index in [4.69, 9.17) is 11.0 Å². The molecule has 0 aromatic heterocycles. The smallest absolute Gasteiger partial charge is 0.326 e. The SMILES string of the molecule is N#Cc1ccc(N2CC(N)CC2=O)c(C(F)(F)F)c1. The van der Waals surface area contributed by atoms with Crippen LogP contribution in [0.2, 0.25) is 0 Å². The number of hydrogen-bond acceptors (Lipinski definition) is 3. The van der Waals surface area contributed by atoms with Gasteiger partial charge in [0.05, 0.1) is 22.9 Å². The van der Waals surface area contributed by atoms with Crippen molar-refractivity contribution >= 4 is 11.6 Å². The Bertz CT molecular complexity index is 562. The lowest BCUT2D eigenvalue weighted by Gasteiger charge is -2.21. The predicted molar refractivity (Wildman–Crippen MR) is 61.1 cm³/mol. The van der Waals surface area contributed by atoms with Gasteiger partial charge in [0.15, 0.2) is 0 Å². The number of carbonyl (C=O) groups excluding carboxylic acids is 1. The zero-order valence-electron chi connectivity index (χ0n) is 9.74. The largest absolute Gasteiger partial charge is 0.418 e. The highest BCUT2D eigenvalue weighted by Crippen LogP contribution is 2.38. The van der Waals surface area contributed by atoms with Crippen molar-refractivity contribution in [2.24, 2.45) is 5.73 Å². The van der Waals surface area contributed by atoms with Crippen LogP contribution in [0.5, 0.6) is 0 Å². The first kappa shape index (κ1) is 13.4. The van der Waals surface area contributed by atoms with E-state index in [1.54, 1.807) is 6.07 Å². The van der Waals surface area contributed by atoms with Crippen LogP contribution in [-0.4, -0.2) is 18.5 Å². The van der Waals surface area contributed by atoms with Gasteiger partial charge in [0, 0.05) is 19.0 Å². The Balaban J connectivity index is 2.52. The molecule has 1 aromatic carbocycles. The number of nitrogens with zero attached hydrogens (tertiary/aromatic N) is 2. The van der Waals surface area contributed by atoms with Gasteiger partial charge in [-0.1, -0.05) is 0 Å². The van der Waals surface area contributed by atoms with E-state index in [1.165, 1.54) is 6.07 Å². The van der Waals surface area contributed by atoms with E-state index in [2.05, 4.69) is 0 Å². The summed E-state index contributed by atoms with van der Waals surface area (Å²) in [6.45, 7) is 0.0494. The minimum Gasteiger partial charge on any atom is -0.326 e. The quantitative estimate of drug-likeness (QED) is 0.842. The number of nitrogens with two attached hydrogens (primary N) is 1. The molecule has 1 amide bonds. The van der Waals surface area contributed by atoms with Crippen molar-refractivity contribution in [2.75, 3.05) is 11.4 Å². The number of benzene rings is 1. The monoisotopic (exact) mass is 269 g/mol. The molecule has 1 fully saturated rings. The molecule has 2 rings (SSSR count). The van der Waals surface area contributed by atoms with Gasteiger partial charge in [-0.2, -0.15) is 18.4 Å². The highest BCUT2D eigenvalue weighted by molar-refractivity contribution is 5.97. The van der Waals surface area contributed by atoms with Crippen LogP contribution >= 0.6 is 0 Å². The van der Waals surface area contributed by atoms with Crippen LogP contribution in [0.1, 0.15) is 17.5 Å². The van der Waals surface area contributed by atoms with Gasteiger partial charge in [-0.3, -0.25) is 4.79 Å². The predicted octanol–water partition coefficient (Wildman–Crippen LogP) is 1.64. The molecule has 1 atom stereocenters. The maximum absolute atomic E-state index is 13.0. The van der Waals surface area contributed by atoms with Gasteiger partial charge in [0.2, 0.25) is 5.91 Å². The number of alkyl halides is 3. The van der Waals surface area contributed by atoms with E-state index in [9.17, 15) is 18.0 Å². The number of halogens is 3. The molecule has 1 heterocycles. The second-order valence-electron chi connectivity index (χ2n) is 4.31. The fraction of sp³-hybridized carbons (Fsp3) is 0.333. The van der Waals surface area contributed by atoms with Crippen molar-refractivity contribution in [1.29, 1.82) is 5.26 Å². The van der Waals surface area contributed by atoms with Crippen molar-refractivity contribution in [2.45, 2.75) is 18.6 Å². The first-order valence-electron chi connectivity index (χ1n) is 5.50. The molecule has 1 saturated heterocycles. The fourth-order valence-corrected chi connectivity index (χ4v) is 2.04. The summed E-state index contributed by atoms with van der Waals surface area (Å²) in [5.41, 5.74) is 4.23. The summed E-state index contributed by atoms with van der Waals surface area (Å²) < 4.78 is 38.9. The zero-order valence-corrected chi connectivity index (χ0v) is 9.74. The van der Waals surface area contributed by atoms with Gasteiger partial charge in [-0.05, 0) is 18.2 Å². The van der Waals surface area contributed by atoms with Crippen LogP contribution in [0.25, 0.3) is 0 Å². The molecule has 0 radical (unpaired) electrons. The molecule has 1 aromatic rings. The number of anilines is 1. The molecule has 1 unspecified atom stereocenters. The Morgan fingerprint density at radius 3 is 2.58 bits per heavy atom. The van der Waals surface area contributed by atoms with Crippen molar-refractivity contribution in [3.05, 3.63) is 29.3 Å². The highest BCUT2D eigenvalue weighted by Gasteiger charge is 2.38. The Labute approximate surface area is 107 Å². The first-order chi connectivity index (χ1) is 8.82.